The van der Waals surface area contributed by atoms with E-state index in [0.29, 0.717) is 6.54 Å². The van der Waals surface area contributed by atoms with Crippen molar-refractivity contribution in [3.8, 4) is 0 Å². The van der Waals surface area contributed by atoms with Crippen LogP contribution in [-0.2, 0) is 4.79 Å². The molecule has 0 radical (unpaired) electrons. The summed E-state index contributed by atoms with van der Waals surface area (Å²) in [6.07, 6.45) is 0. The second-order valence-corrected chi connectivity index (χ2v) is 8.42. The normalized spacial score (nSPS) is 14.5. The van der Waals surface area contributed by atoms with E-state index in [-0.39, 0.29) is 17.8 Å². The Labute approximate surface area is 166 Å². The number of benzene rings is 2. The SMILES string of the molecule is O=C(CN1CCSc2ccccc21)N[C@@H](c1ccc(F)cc1)c1cccs1. The second-order valence-electron chi connectivity index (χ2n) is 6.31. The molecule has 0 bridgehead atoms. The van der Waals surface area contributed by atoms with Gasteiger partial charge in [0.1, 0.15) is 5.82 Å². The number of nitrogens with zero attached hydrogens (tertiary/aromatic N) is 1. The van der Waals surface area contributed by atoms with Crippen molar-refractivity contribution in [2.24, 2.45) is 0 Å². The summed E-state index contributed by atoms with van der Waals surface area (Å²) in [6, 6.07) is 18.2. The molecule has 0 spiro atoms. The maximum absolute atomic E-state index is 13.3. The van der Waals surface area contributed by atoms with E-state index < -0.39 is 0 Å². The van der Waals surface area contributed by atoms with Gasteiger partial charge in [-0.2, -0.15) is 0 Å². The van der Waals surface area contributed by atoms with Crippen LogP contribution >= 0.6 is 23.1 Å². The van der Waals surface area contributed by atoms with Crippen molar-refractivity contribution in [3.05, 3.63) is 82.3 Å². The van der Waals surface area contributed by atoms with E-state index >= 15 is 0 Å². The van der Waals surface area contributed by atoms with Crippen molar-refractivity contribution >= 4 is 34.7 Å². The summed E-state index contributed by atoms with van der Waals surface area (Å²) >= 11 is 3.40. The molecular weight excluding hydrogens is 379 g/mol. The predicted octanol–water partition coefficient (Wildman–Crippen LogP) is 4.71. The van der Waals surface area contributed by atoms with E-state index in [4.69, 9.17) is 0 Å². The van der Waals surface area contributed by atoms with Gasteiger partial charge in [0.2, 0.25) is 5.91 Å². The lowest BCUT2D eigenvalue weighted by Gasteiger charge is -2.30. The number of rotatable bonds is 5. The fourth-order valence-corrected chi connectivity index (χ4v) is 5.05. The molecule has 1 amide bonds. The molecule has 27 heavy (non-hydrogen) atoms. The number of anilines is 1. The Morgan fingerprint density at radius 2 is 1.93 bits per heavy atom. The minimum atomic E-state index is -0.280. The average Bonchev–Trinajstić information content (AvgIpc) is 3.22. The number of nitrogens with one attached hydrogen (secondary N) is 1. The highest BCUT2D eigenvalue weighted by atomic mass is 32.2. The van der Waals surface area contributed by atoms with E-state index in [1.54, 1.807) is 23.5 Å². The minimum absolute atomic E-state index is 0.0422. The summed E-state index contributed by atoms with van der Waals surface area (Å²) in [7, 11) is 0. The fraction of sp³-hybridized carbons (Fsp3) is 0.190. The van der Waals surface area contributed by atoms with Crippen molar-refractivity contribution in [3.63, 3.8) is 0 Å². The summed E-state index contributed by atoms with van der Waals surface area (Å²) in [6.45, 7) is 1.15. The fourth-order valence-electron chi connectivity index (χ4n) is 3.20. The predicted molar refractivity (Wildman–Crippen MR) is 110 cm³/mol. The van der Waals surface area contributed by atoms with Gasteiger partial charge in [0.15, 0.2) is 0 Å². The molecule has 0 unspecified atom stereocenters. The van der Waals surface area contributed by atoms with E-state index in [1.807, 2.05) is 41.4 Å². The molecular formula is C21H19FN2OS2. The molecule has 0 aliphatic carbocycles. The van der Waals surface area contributed by atoms with Gasteiger partial charge in [-0.25, -0.2) is 4.39 Å². The first-order valence-corrected chi connectivity index (χ1v) is 10.6. The van der Waals surface area contributed by atoms with E-state index in [1.165, 1.54) is 17.0 Å². The Morgan fingerprint density at radius 1 is 1.11 bits per heavy atom. The van der Waals surface area contributed by atoms with Gasteiger partial charge >= 0.3 is 0 Å². The van der Waals surface area contributed by atoms with Gasteiger partial charge in [-0.3, -0.25) is 4.79 Å². The van der Waals surface area contributed by atoms with Crippen LogP contribution in [0.2, 0.25) is 0 Å². The van der Waals surface area contributed by atoms with Crippen LogP contribution in [0.3, 0.4) is 0 Å². The number of carbonyl (C=O) groups excluding carboxylic acids is 1. The molecule has 3 aromatic rings. The molecule has 1 atom stereocenters. The van der Waals surface area contributed by atoms with Gasteiger partial charge in [0.05, 0.1) is 18.3 Å². The van der Waals surface area contributed by atoms with Gasteiger partial charge < -0.3 is 10.2 Å². The molecule has 1 aliphatic rings. The van der Waals surface area contributed by atoms with E-state index in [0.717, 1.165) is 28.4 Å². The maximum Gasteiger partial charge on any atom is 0.240 e. The van der Waals surface area contributed by atoms with Gasteiger partial charge in [-0.15, -0.1) is 23.1 Å². The minimum Gasteiger partial charge on any atom is -0.360 e. The lowest BCUT2D eigenvalue weighted by molar-refractivity contribution is -0.120. The van der Waals surface area contributed by atoms with Crippen LogP contribution in [0, 0.1) is 5.82 Å². The Hall–Kier alpha value is -2.31. The highest BCUT2D eigenvalue weighted by Crippen LogP contribution is 2.34. The Morgan fingerprint density at radius 3 is 2.70 bits per heavy atom. The number of amides is 1. The van der Waals surface area contributed by atoms with Gasteiger partial charge in [0.25, 0.3) is 0 Å². The Bertz CT molecular complexity index is 912. The number of fused-ring (bicyclic) bond motifs is 1. The Kier molecular flexibility index (Phi) is 5.45. The smallest absolute Gasteiger partial charge is 0.240 e. The number of thioether (sulfide) groups is 1. The monoisotopic (exact) mass is 398 g/mol. The van der Waals surface area contributed by atoms with Crippen molar-refractivity contribution in [2.75, 3.05) is 23.7 Å². The number of hydrogen-bond acceptors (Lipinski definition) is 4. The molecule has 2 heterocycles. The number of carbonyl (C=O) groups is 1. The topological polar surface area (TPSA) is 32.3 Å². The first-order valence-electron chi connectivity index (χ1n) is 8.76. The molecule has 6 heteroatoms. The third-order valence-electron chi connectivity index (χ3n) is 4.50. The lowest BCUT2D eigenvalue weighted by Crippen LogP contribution is -2.41. The number of hydrogen-bond donors (Lipinski definition) is 1. The van der Waals surface area contributed by atoms with Crippen molar-refractivity contribution in [1.82, 2.24) is 5.32 Å². The zero-order valence-corrected chi connectivity index (χ0v) is 16.2. The van der Waals surface area contributed by atoms with E-state index in [9.17, 15) is 9.18 Å². The lowest BCUT2D eigenvalue weighted by atomic mass is 10.1. The molecule has 1 N–H and O–H groups in total. The molecule has 0 saturated carbocycles. The molecule has 1 aromatic heterocycles. The maximum atomic E-state index is 13.3. The molecule has 0 saturated heterocycles. The highest BCUT2D eigenvalue weighted by Gasteiger charge is 2.22. The summed E-state index contributed by atoms with van der Waals surface area (Å²) in [5, 5.41) is 5.12. The van der Waals surface area contributed by atoms with Crippen LogP contribution in [0.25, 0.3) is 0 Å². The zero-order valence-electron chi connectivity index (χ0n) is 14.6. The molecule has 4 rings (SSSR count). The number of halogens is 1. The quantitative estimate of drug-likeness (QED) is 0.676. The van der Waals surface area contributed by atoms with Gasteiger partial charge in [0, 0.05) is 22.1 Å². The molecule has 3 nitrogen and oxygen atoms in total. The summed E-state index contributed by atoms with van der Waals surface area (Å²) in [5.41, 5.74) is 1.99. The largest absolute Gasteiger partial charge is 0.360 e. The molecule has 0 fully saturated rings. The van der Waals surface area contributed by atoms with Crippen LogP contribution < -0.4 is 10.2 Å². The Balaban J connectivity index is 1.52. The number of thiophene rings is 1. The number of para-hydroxylation sites is 1. The van der Waals surface area contributed by atoms with Crippen LogP contribution in [0.15, 0.2) is 70.9 Å². The average molecular weight is 399 g/mol. The highest BCUT2D eigenvalue weighted by molar-refractivity contribution is 7.99. The zero-order chi connectivity index (χ0) is 18.6. The van der Waals surface area contributed by atoms with Gasteiger partial charge in [-0.1, -0.05) is 30.3 Å². The van der Waals surface area contributed by atoms with Crippen molar-refractivity contribution in [2.45, 2.75) is 10.9 Å². The third kappa shape index (κ3) is 4.17. The first-order chi connectivity index (χ1) is 13.2. The van der Waals surface area contributed by atoms with Crippen molar-refractivity contribution in [1.29, 1.82) is 0 Å². The molecule has 1 aliphatic heterocycles. The molecule has 138 valence electrons. The van der Waals surface area contributed by atoms with E-state index in [2.05, 4.69) is 22.3 Å². The third-order valence-corrected chi connectivity index (χ3v) is 6.48. The standard InChI is InChI=1S/C21H19FN2OS2/c22-16-9-7-15(8-10-16)21(19-6-3-12-26-19)23-20(25)14-24-11-13-27-18-5-2-1-4-17(18)24/h1-10,12,21H,11,13-14H2,(H,23,25)/t21-/m0/s1. The van der Waals surface area contributed by atoms with Crippen LogP contribution in [0.4, 0.5) is 10.1 Å². The summed E-state index contributed by atoms with van der Waals surface area (Å²) < 4.78 is 13.3. The van der Waals surface area contributed by atoms with Crippen LogP contribution in [0.1, 0.15) is 16.5 Å². The summed E-state index contributed by atoms with van der Waals surface area (Å²) in [5.74, 6) is 0.647. The summed E-state index contributed by atoms with van der Waals surface area (Å²) in [4.78, 5) is 17.2. The second kappa shape index (κ2) is 8.15. The van der Waals surface area contributed by atoms with Crippen LogP contribution in [0.5, 0.6) is 0 Å². The van der Waals surface area contributed by atoms with Crippen LogP contribution in [-0.4, -0.2) is 24.7 Å². The van der Waals surface area contributed by atoms with Gasteiger partial charge in [-0.05, 0) is 41.3 Å². The van der Waals surface area contributed by atoms with Crippen molar-refractivity contribution < 1.29 is 9.18 Å². The molecule has 2 aromatic carbocycles. The first kappa shape index (κ1) is 18.1.